The molecule has 0 radical (unpaired) electrons. The second kappa shape index (κ2) is 9.51. The van der Waals surface area contributed by atoms with Crippen molar-refractivity contribution in [2.45, 2.75) is 52.6 Å². The summed E-state index contributed by atoms with van der Waals surface area (Å²) in [4.78, 5) is 26.4. The zero-order chi connectivity index (χ0) is 21.8. The molecule has 1 aromatic carbocycles. The van der Waals surface area contributed by atoms with Gasteiger partial charge in [-0.25, -0.2) is 9.97 Å². The van der Waals surface area contributed by atoms with Crippen LogP contribution in [0.25, 0.3) is 21.9 Å². The number of anilines is 1. The molecule has 0 aliphatic carbocycles. The summed E-state index contributed by atoms with van der Waals surface area (Å²) in [6.45, 7) is 7.30. The number of H-pyrrole nitrogens is 1. The molecule has 3 N–H and O–H groups in total. The molecule has 0 bridgehead atoms. The number of likely N-dealkylation sites (tertiary alicyclic amines) is 1. The van der Waals surface area contributed by atoms with Gasteiger partial charge >= 0.3 is 0 Å². The van der Waals surface area contributed by atoms with Gasteiger partial charge < -0.3 is 25.1 Å². The van der Waals surface area contributed by atoms with E-state index in [-0.39, 0.29) is 5.91 Å². The van der Waals surface area contributed by atoms with Crippen LogP contribution >= 0.6 is 0 Å². The third-order valence-corrected chi connectivity index (χ3v) is 5.68. The van der Waals surface area contributed by atoms with E-state index in [0.717, 1.165) is 77.8 Å². The van der Waals surface area contributed by atoms with E-state index in [1.165, 1.54) is 0 Å². The van der Waals surface area contributed by atoms with E-state index in [0.29, 0.717) is 32.1 Å². The molecule has 2 aromatic heterocycles. The average molecular weight is 426 g/mol. The first-order chi connectivity index (χ1) is 15.1. The van der Waals surface area contributed by atoms with Crippen LogP contribution in [0, 0.1) is 0 Å². The van der Waals surface area contributed by atoms with Gasteiger partial charge in [0.05, 0.1) is 12.1 Å². The predicted octanol–water partition coefficient (Wildman–Crippen LogP) is 3.57. The van der Waals surface area contributed by atoms with Gasteiger partial charge in [-0.05, 0) is 38.3 Å². The minimum Gasteiger partial charge on any atom is -0.493 e. The molecule has 0 saturated carbocycles. The van der Waals surface area contributed by atoms with Crippen LogP contribution in [-0.4, -0.2) is 52.1 Å². The molecular formula is C23H31N5O3. The number of benzene rings is 1. The molecule has 8 nitrogen and oxygen atoms in total. The molecule has 0 spiro atoms. The number of ether oxygens (including phenoxy) is 2. The number of carbonyl (C=O) groups excluding carboxylic acids is 1. The van der Waals surface area contributed by atoms with Crippen LogP contribution < -0.4 is 10.5 Å². The lowest BCUT2D eigenvalue weighted by atomic mass is 10.0. The third-order valence-electron chi connectivity index (χ3n) is 5.68. The van der Waals surface area contributed by atoms with E-state index in [1.54, 1.807) is 0 Å². The van der Waals surface area contributed by atoms with Crippen molar-refractivity contribution in [3.63, 3.8) is 0 Å². The van der Waals surface area contributed by atoms with Crippen LogP contribution in [0.5, 0.6) is 5.75 Å². The molecule has 3 aromatic rings. The number of rotatable bonds is 10. The summed E-state index contributed by atoms with van der Waals surface area (Å²) in [5.41, 5.74) is 9.68. The van der Waals surface area contributed by atoms with Crippen molar-refractivity contribution in [1.82, 2.24) is 19.9 Å². The fraction of sp³-hybridized carbons (Fsp3) is 0.522. The normalized spacial score (nSPS) is 14.3. The van der Waals surface area contributed by atoms with Crippen LogP contribution in [0.3, 0.4) is 0 Å². The Morgan fingerprint density at radius 3 is 2.87 bits per heavy atom. The molecular weight excluding hydrogens is 394 g/mol. The number of aromatic amines is 1. The van der Waals surface area contributed by atoms with Gasteiger partial charge in [0.2, 0.25) is 5.91 Å². The fourth-order valence-electron chi connectivity index (χ4n) is 4.23. The number of pyridine rings is 1. The first-order valence-electron chi connectivity index (χ1n) is 11.2. The maximum Gasteiger partial charge on any atom is 0.222 e. The summed E-state index contributed by atoms with van der Waals surface area (Å²) >= 11 is 0. The van der Waals surface area contributed by atoms with E-state index in [4.69, 9.17) is 20.2 Å². The third kappa shape index (κ3) is 4.44. The van der Waals surface area contributed by atoms with Gasteiger partial charge in [0.1, 0.15) is 35.0 Å². The van der Waals surface area contributed by atoms with Crippen molar-refractivity contribution < 1.29 is 14.3 Å². The first-order valence-corrected chi connectivity index (χ1v) is 11.2. The van der Waals surface area contributed by atoms with E-state index in [1.807, 2.05) is 24.0 Å². The summed E-state index contributed by atoms with van der Waals surface area (Å²) in [6.07, 6.45) is 4.27. The summed E-state index contributed by atoms with van der Waals surface area (Å²) < 4.78 is 11.7. The number of nitrogens with two attached hydrogens (primary N) is 1. The van der Waals surface area contributed by atoms with Crippen molar-refractivity contribution in [3.8, 4) is 5.75 Å². The number of nitrogen functional groups attached to an aromatic ring is 1. The number of nitrogens with zero attached hydrogens (tertiary/aromatic N) is 3. The van der Waals surface area contributed by atoms with Crippen molar-refractivity contribution in [2.75, 3.05) is 32.0 Å². The molecule has 0 unspecified atom stereocenters. The Morgan fingerprint density at radius 2 is 2.13 bits per heavy atom. The fourth-order valence-corrected chi connectivity index (χ4v) is 4.23. The molecule has 1 amide bonds. The predicted molar refractivity (Wildman–Crippen MR) is 121 cm³/mol. The SMILES string of the molecule is CCCc1c(OCCCN2CCCC2=O)ccc2nc(N)c3[nH]c(COCC)nc3c12. The average Bonchev–Trinajstić information content (AvgIpc) is 3.37. The van der Waals surface area contributed by atoms with E-state index in [2.05, 4.69) is 16.9 Å². The van der Waals surface area contributed by atoms with Gasteiger partial charge in [-0.3, -0.25) is 4.79 Å². The molecule has 8 heteroatoms. The molecule has 1 saturated heterocycles. The Morgan fingerprint density at radius 1 is 1.26 bits per heavy atom. The second-order valence-corrected chi connectivity index (χ2v) is 7.91. The summed E-state index contributed by atoms with van der Waals surface area (Å²) in [5, 5.41) is 0.984. The quantitative estimate of drug-likeness (QED) is 0.481. The van der Waals surface area contributed by atoms with Crippen molar-refractivity contribution >= 4 is 33.7 Å². The number of hydrogen-bond acceptors (Lipinski definition) is 6. The van der Waals surface area contributed by atoms with Crippen LogP contribution in [0.15, 0.2) is 12.1 Å². The number of aryl methyl sites for hydroxylation is 1. The van der Waals surface area contributed by atoms with Gasteiger partial charge in [0, 0.05) is 37.1 Å². The Bertz CT molecular complexity index is 1080. The largest absolute Gasteiger partial charge is 0.493 e. The Kier molecular flexibility index (Phi) is 6.56. The molecule has 1 aliphatic heterocycles. The van der Waals surface area contributed by atoms with Crippen LogP contribution in [-0.2, 0) is 22.6 Å². The Balaban J connectivity index is 1.63. The zero-order valence-electron chi connectivity index (χ0n) is 18.4. The van der Waals surface area contributed by atoms with Gasteiger partial charge in [-0.2, -0.15) is 0 Å². The lowest BCUT2D eigenvalue weighted by Gasteiger charge is -2.17. The van der Waals surface area contributed by atoms with Crippen molar-refractivity contribution in [1.29, 1.82) is 0 Å². The first kappa shape index (κ1) is 21.4. The molecule has 0 atom stereocenters. The monoisotopic (exact) mass is 425 g/mol. The van der Waals surface area contributed by atoms with E-state index in [9.17, 15) is 4.79 Å². The summed E-state index contributed by atoms with van der Waals surface area (Å²) in [6, 6.07) is 3.92. The van der Waals surface area contributed by atoms with E-state index >= 15 is 0 Å². The molecule has 31 heavy (non-hydrogen) atoms. The molecule has 1 fully saturated rings. The molecule has 3 heterocycles. The molecule has 166 valence electrons. The van der Waals surface area contributed by atoms with Crippen LogP contribution in [0.1, 0.15) is 50.9 Å². The summed E-state index contributed by atoms with van der Waals surface area (Å²) in [7, 11) is 0. The highest BCUT2D eigenvalue weighted by molar-refractivity contribution is 6.08. The standard InChI is InChI=1S/C23H31N5O3/c1-3-7-15-17(31-13-6-12-28-11-5-8-19(28)29)10-9-16-20(15)21-22(23(24)25-16)27-18(26-21)14-30-4-2/h9-10H,3-8,11-14H2,1-2H3,(H2,24,25)(H,26,27). The number of nitrogens with one attached hydrogen (secondary N) is 1. The second-order valence-electron chi connectivity index (χ2n) is 7.91. The Hall–Kier alpha value is -2.87. The van der Waals surface area contributed by atoms with Gasteiger partial charge in [0.15, 0.2) is 0 Å². The van der Waals surface area contributed by atoms with Crippen LogP contribution in [0.2, 0.25) is 0 Å². The number of fused-ring (bicyclic) bond motifs is 3. The lowest BCUT2D eigenvalue weighted by molar-refractivity contribution is -0.127. The highest BCUT2D eigenvalue weighted by atomic mass is 16.5. The highest BCUT2D eigenvalue weighted by Gasteiger charge is 2.20. The van der Waals surface area contributed by atoms with Crippen molar-refractivity contribution in [3.05, 3.63) is 23.5 Å². The summed E-state index contributed by atoms with van der Waals surface area (Å²) in [5.74, 6) is 2.28. The number of amides is 1. The highest BCUT2D eigenvalue weighted by Crippen LogP contribution is 2.35. The number of hydrogen-bond donors (Lipinski definition) is 2. The van der Waals surface area contributed by atoms with Crippen molar-refractivity contribution in [2.24, 2.45) is 0 Å². The Labute approximate surface area is 182 Å². The minimum atomic E-state index is 0.254. The van der Waals surface area contributed by atoms with Crippen LogP contribution in [0.4, 0.5) is 5.82 Å². The minimum absolute atomic E-state index is 0.254. The number of aromatic nitrogens is 3. The maximum atomic E-state index is 11.8. The van der Waals surface area contributed by atoms with Gasteiger partial charge in [-0.1, -0.05) is 13.3 Å². The van der Waals surface area contributed by atoms with Gasteiger partial charge in [0.25, 0.3) is 0 Å². The number of carbonyl (C=O) groups is 1. The smallest absolute Gasteiger partial charge is 0.222 e. The lowest BCUT2D eigenvalue weighted by Crippen LogP contribution is -2.26. The van der Waals surface area contributed by atoms with Gasteiger partial charge in [-0.15, -0.1) is 0 Å². The maximum absolute atomic E-state index is 11.8. The van der Waals surface area contributed by atoms with E-state index < -0.39 is 0 Å². The topological polar surface area (TPSA) is 106 Å². The molecule has 4 rings (SSSR count). The molecule has 1 aliphatic rings. The number of imidazole rings is 1. The zero-order valence-corrected chi connectivity index (χ0v) is 18.4.